The van der Waals surface area contributed by atoms with Crippen molar-refractivity contribution in [3.63, 3.8) is 0 Å². The van der Waals surface area contributed by atoms with Gasteiger partial charge >= 0.3 is 0 Å². The molecule has 0 bridgehead atoms. The zero-order chi connectivity index (χ0) is 56.5. The highest BCUT2D eigenvalue weighted by Crippen LogP contribution is 2.44. The monoisotopic (exact) mass is 1080 g/mol. The Kier molecular flexibility index (Phi) is 19.9. The van der Waals surface area contributed by atoms with Crippen LogP contribution < -0.4 is 0 Å². The second kappa shape index (κ2) is 27.7. The van der Waals surface area contributed by atoms with E-state index in [-0.39, 0.29) is 0 Å². The van der Waals surface area contributed by atoms with Crippen molar-refractivity contribution in [2.75, 3.05) is 0 Å². The quantitative estimate of drug-likeness (QED) is 0.0367. The summed E-state index contributed by atoms with van der Waals surface area (Å²) in [6, 6.07) is 67.2. The highest BCUT2D eigenvalue weighted by Gasteiger charge is 2.20. The molecule has 0 N–H and O–H groups in total. The first kappa shape index (κ1) is 57.4. The summed E-state index contributed by atoms with van der Waals surface area (Å²) in [5.74, 6) is 0.914. The Hall–Kier alpha value is -8.74. The normalized spacial score (nSPS) is 12.3. The van der Waals surface area contributed by atoms with Gasteiger partial charge in [0.05, 0.1) is 16.7 Å². The molecule has 0 aliphatic rings. The van der Waals surface area contributed by atoms with Crippen molar-refractivity contribution in [2.24, 2.45) is 4.99 Å². The molecule has 0 amide bonds. The number of hydrogen-bond donors (Lipinski definition) is 2. The van der Waals surface area contributed by atoms with Crippen molar-refractivity contribution in [2.45, 2.75) is 48.5 Å². The van der Waals surface area contributed by atoms with Crippen LogP contribution in [0.2, 0.25) is 0 Å². The number of fused-ring (bicyclic) bond motifs is 3. The average molecular weight is 1080 g/mol. The van der Waals surface area contributed by atoms with E-state index in [1.165, 1.54) is 43.8 Å². The molecule has 1 heterocycles. The van der Waals surface area contributed by atoms with Crippen molar-refractivity contribution in [1.29, 1.82) is 0 Å². The summed E-state index contributed by atoms with van der Waals surface area (Å²) < 4.78 is 2.26. The minimum atomic E-state index is 0.914. The van der Waals surface area contributed by atoms with E-state index in [0.29, 0.717) is 0 Å². The number of rotatable bonds is 14. The second-order valence-corrected chi connectivity index (χ2v) is 19.6. The largest absolute Gasteiger partial charge is 0.293 e. The van der Waals surface area contributed by atoms with Gasteiger partial charge in [0.1, 0.15) is 5.82 Å². The molecular weight excluding hydrogens is 1010 g/mol. The predicted octanol–water partition coefficient (Wildman–Crippen LogP) is 21.9. The minimum absolute atomic E-state index is 0.914. The lowest BCUT2D eigenvalue weighted by molar-refractivity contribution is 1.14. The Morgan fingerprint density at radius 3 is 1.49 bits per heavy atom. The van der Waals surface area contributed by atoms with Crippen LogP contribution in [0.15, 0.2) is 273 Å². The van der Waals surface area contributed by atoms with Crippen LogP contribution in [-0.2, 0) is 0 Å². The summed E-state index contributed by atoms with van der Waals surface area (Å²) >= 11 is 6.44. The van der Waals surface area contributed by atoms with Crippen molar-refractivity contribution >= 4 is 84.1 Å². The van der Waals surface area contributed by atoms with Gasteiger partial charge in [-0.25, -0.2) is 4.98 Å². The zero-order valence-electron chi connectivity index (χ0n) is 46.9. The molecular formula is C75H69N3S2. The van der Waals surface area contributed by atoms with Crippen LogP contribution in [0.4, 0.5) is 5.69 Å². The molecule has 9 aromatic carbocycles. The summed E-state index contributed by atoms with van der Waals surface area (Å²) in [6.45, 7) is 22.7. The molecule has 0 fully saturated rings. The Balaban J connectivity index is 0.000000859. The first-order valence-electron chi connectivity index (χ1n) is 27.0. The number of aryl methyl sites for hydroxylation is 2. The molecule has 0 radical (unpaired) electrons. The maximum atomic E-state index is 5.30. The number of hydrogen-bond acceptors (Lipinski definition) is 4. The fourth-order valence-electron chi connectivity index (χ4n) is 10.2. The van der Waals surface area contributed by atoms with Gasteiger partial charge in [-0.15, -0.1) is 23.3 Å². The van der Waals surface area contributed by atoms with E-state index >= 15 is 0 Å². The van der Waals surface area contributed by atoms with E-state index in [2.05, 4.69) is 290 Å². The maximum absolute atomic E-state index is 5.30. The number of aromatic nitrogens is 2. The number of aliphatic imine (C=N–C) groups is 1. The third-order valence-corrected chi connectivity index (χ3v) is 14.2. The smallest absolute Gasteiger partial charge is 0.145 e. The van der Waals surface area contributed by atoms with Crippen LogP contribution in [0.3, 0.4) is 0 Å². The van der Waals surface area contributed by atoms with E-state index in [4.69, 9.17) is 9.98 Å². The van der Waals surface area contributed by atoms with Gasteiger partial charge in [0.15, 0.2) is 0 Å². The topological polar surface area (TPSA) is 30.2 Å². The van der Waals surface area contributed by atoms with E-state index in [9.17, 15) is 0 Å². The number of allylic oxidation sites excluding steroid dienone is 14. The summed E-state index contributed by atoms with van der Waals surface area (Å²) in [5, 5.41) is 4.75. The van der Waals surface area contributed by atoms with E-state index in [0.717, 1.165) is 89.6 Å². The highest BCUT2D eigenvalue weighted by atomic mass is 33.1. The van der Waals surface area contributed by atoms with Gasteiger partial charge in [0.25, 0.3) is 0 Å². The molecule has 10 aromatic rings. The molecule has 5 heteroatoms. The SMILES string of the molecule is C=C/C=C\C=C(/C)c1c2ccc(-c3ccc4c(c3)nc(-c3ccccc3)n4C(/C=C\C)=C/C)cc2c(/C(C)=C/C=C\C=C)c2ccc(-c3ccc(-c4ccc(C)c(N=C(C)c5ccccc5)c4)cc3)cc12.Cc1ccccc1.SS. The number of imidazole rings is 1. The lowest BCUT2D eigenvalue weighted by Gasteiger charge is -2.20. The van der Waals surface area contributed by atoms with E-state index < -0.39 is 0 Å². The fourth-order valence-corrected chi connectivity index (χ4v) is 10.2. The Morgan fingerprint density at radius 1 is 0.500 bits per heavy atom. The van der Waals surface area contributed by atoms with Gasteiger partial charge in [0.2, 0.25) is 0 Å². The molecule has 0 saturated carbocycles. The first-order chi connectivity index (χ1) is 39.1. The van der Waals surface area contributed by atoms with Crippen molar-refractivity contribution in [1.82, 2.24) is 9.55 Å². The molecule has 1 aromatic heterocycles. The lowest BCUT2D eigenvalue weighted by atomic mass is 9.84. The Labute approximate surface area is 484 Å². The molecule has 0 unspecified atom stereocenters. The van der Waals surface area contributed by atoms with Gasteiger partial charge in [-0.1, -0.05) is 237 Å². The van der Waals surface area contributed by atoms with Crippen LogP contribution in [0.5, 0.6) is 0 Å². The van der Waals surface area contributed by atoms with Crippen LogP contribution in [0, 0.1) is 13.8 Å². The first-order valence-corrected chi connectivity index (χ1v) is 28.6. The van der Waals surface area contributed by atoms with Gasteiger partial charge < -0.3 is 0 Å². The van der Waals surface area contributed by atoms with Gasteiger partial charge in [0, 0.05) is 17.0 Å². The molecule has 0 aliphatic heterocycles. The molecule has 396 valence electrons. The molecule has 10 rings (SSSR count). The minimum Gasteiger partial charge on any atom is -0.293 e. The molecule has 0 spiro atoms. The maximum Gasteiger partial charge on any atom is 0.145 e. The zero-order valence-corrected chi connectivity index (χ0v) is 48.7. The standard InChI is InChI=1S/C68H59N3.C7H8.H2S2/c1-9-13-17-24-47(6)66-60-40-37-55(57-38-41-65-64(45-57)70-68(53-28-21-16-22-29-53)71(65)58(12-4)23-11-3)43-62(60)67(48(7)25-18-14-10-2)59-39-36-54(42-61(59)66)51-32-34-52(35-33-51)56-31-30-46(5)63(44-56)69-49(8)50-26-19-15-20-27-50;1-7-5-3-2-4-6-7;1-2/h9-45H,1-2H2,3-8H3;2-6H,1H3;1-2H/b17-13-,18-14-,23-11-,47-24+,48-25+,58-12+,69-49?;;. The fraction of sp³-hybridized carbons (Fsp3) is 0.0933. The van der Waals surface area contributed by atoms with E-state index in [1.54, 1.807) is 0 Å². The van der Waals surface area contributed by atoms with E-state index in [1.807, 2.05) is 54.6 Å². The van der Waals surface area contributed by atoms with Gasteiger partial charge in [-0.2, -0.15) is 0 Å². The van der Waals surface area contributed by atoms with Crippen molar-refractivity contribution in [3.8, 4) is 44.8 Å². The van der Waals surface area contributed by atoms with Crippen LogP contribution in [0.25, 0.3) is 94.2 Å². The summed E-state index contributed by atoms with van der Waals surface area (Å²) in [7, 11) is 0. The second-order valence-electron chi connectivity index (χ2n) is 19.6. The van der Waals surface area contributed by atoms with Crippen LogP contribution in [-0.4, -0.2) is 15.3 Å². The molecule has 0 atom stereocenters. The van der Waals surface area contributed by atoms with Crippen molar-refractivity contribution < 1.29 is 0 Å². The predicted molar refractivity (Wildman–Crippen MR) is 359 cm³/mol. The molecule has 80 heavy (non-hydrogen) atoms. The molecule has 0 aliphatic carbocycles. The van der Waals surface area contributed by atoms with Gasteiger partial charge in [-0.05, 0) is 173 Å². The third-order valence-electron chi connectivity index (χ3n) is 14.2. The average Bonchev–Trinajstić information content (AvgIpc) is 3.89. The molecule has 3 nitrogen and oxygen atoms in total. The summed E-state index contributed by atoms with van der Waals surface area (Å²) in [5.41, 5.74) is 21.3. The van der Waals surface area contributed by atoms with Crippen molar-refractivity contribution in [3.05, 3.63) is 296 Å². The number of thiol groups is 2. The number of nitrogens with zero attached hydrogens (tertiary/aromatic N) is 3. The summed E-state index contributed by atoms with van der Waals surface area (Å²) in [4.78, 5) is 10.4. The highest BCUT2D eigenvalue weighted by molar-refractivity contribution is 8.59. The van der Waals surface area contributed by atoms with Gasteiger partial charge in [-0.3, -0.25) is 9.56 Å². The number of benzene rings is 9. The third kappa shape index (κ3) is 13.2. The van der Waals surface area contributed by atoms with Crippen LogP contribution in [0.1, 0.15) is 62.4 Å². The molecule has 0 saturated heterocycles. The van der Waals surface area contributed by atoms with Crippen LogP contribution >= 0.6 is 23.3 Å². The Morgan fingerprint density at radius 2 is 0.975 bits per heavy atom. The summed E-state index contributed by atoms with van der Waals surface area (Å²) in [6.07, 6.45) is 22.5. The Bertz CT molecular complexity index is 4040. The lowest BCUT2D eigenvalue weighted by Crippen LogP contribution is -1.98.